The molecule has 14 heavy (non-hydrogen) atoms. The van der Waals surface area contributed by atoms with Gasteiger partial charge in [0.15, 0.2) is 0 Å². The summed E-state index contributed by atoms with van der Waals surface area (Å²) in [6.07, 6.45) is 0.538. The lowest BCUT2D eigenvalue weighted by Gasteiger charge is -2.02. The molecule has 0 spiro atoms. The number of ether oxygens (including phenoxy) is 1. The Hall–Kier alpha value is -1.71. The highest BCUT2D eigenvalue weighted by atomic mass is 19.1. The molecule has 4 heteroatoms. The minimum absolute atomic E-state index is 0.0450. The zero-order chi connectivity index (χ0) is 10.6. The van der Waals surface area contributed by atoms with Gasteiger partial charge in [0.2, 0.25) is 0 Å². The van der Waals surface area contributed by atoms with E-state index in [1.807, 2.05) is 0 Å². The van der Waals surface area contributed by atoms with Crippen molar-refractivity contribution >= 4 is 12.3 Å². The fourth-order valence-electron chi connectivity index (χ4n) is 1.07. The minimum Gasteiger partial charge on any atom is -0.465 e. The smallest absolute Gasteiger partial charge is 0.337 e. The maximum absolute atomic E-state index is 13.0. The Bertz CT molecular complexity index is 360. The van der Waals surface area contributed by atoms with E-state index in [-0.39, 0.29) is 17.5 Å². The first kappa shape index (κ1) is 10.4. The molecule has 0 fully saturated rings. The molecule has 3 nitrogen and oxygen atoms in total. The summed E-state index contributed by atoms with van der Waals surface area (Å²) in [6.45, 7) is 0. The zero-order valence-corrected chi connectivity index (χ0v) is 7.62. The molecule has 0 aliphatic carbocycles. The largest absolute Gasteiger partial charge is 0.465 e. The number of methoxy groups -OCH3 is 1. The molecule has 1 rings (SSSR count). The van der Waals surface area contributed by atoms with Crippen LogP contribution in [0.4, 0.5) is 4.39 Å². The minimum atomic E-state index is -0.544. The van der Waals surface area contributed by atoms with Gasteiger partial charge in [-0.2, -0.15) is 0 Å². The van der Waals surface area contributed by atoms with Gasteiger partial charge >= 0.3 is 5.97 Å². The topological polar surface area (TPSA) is 43.4 Å². The van der Waals surface area contributed by atoms with E-state index in [1.165, 1.54) is 19.2 Å². The van der Waals surface area contributed by atoms with E-state index in [0.29, 0.717) is 6.29 Å². The number of esters is 1. The SMILES string of the molecule is COC(=O)c1ccc(F)c(CC=O)c1. The average Bonchev–Trinajstić information content (AvgIpc) is 2.20. The number of hydrogen-bond acceptors (Lipinski definition) is 3. The van der Waals surface area contributed by atoms with Crippen LogP contribution in [0.5, 0.6) is 0 Å². The molecular formula is C10H9FO3. The van der Waals surface area contributed by atoms with E-state index >= 15 is 0 Å². The predicted octanol–water partition coefficient (Wildman–Crippen LogP) is 1.35. The molecule has 0 bridgehead atoms. The van der Waals surface area contributed by atoms with Crippen molar-refractivity contribution < 1.29 is 18.7 Å². The Balaban J connectivity index is 3.05. The molecule has 1 aromatic carbocycles. The normalized spacial score (nSPS) is 9.57. The van der Waals surface area contributed by atoms with E-state index in [1.54, 1.807) is 0 Å². The van der Waals surface area contributed by atoms with Crippen LogP contribution < -0.4 is 0 Å². The third-order valence-electron chi connectivity index (χ3n) is 1.77. The summed E-state index contributed by atoms with van der Waals surface area (Å²) in [6, 6.07) is 3.77. The van der Waals surface area contributed by atoms with Gasteiger partial charge in [0, 0.05) is 6.42 Å². The number of halogens is 1. The number of rotatable bonds is 3. The molecule has 0 amide bonds. The highest BCUT2D eigenvalue weighted by Gasteiger charge is 2.08. The van der Waals surface area contributed by atoms with Gasteiger partial charge in [-0.25, -0.2) is 9.18 Å². The van der Waals surface area contributed by atoms with E-state index in [4.69, 9.17) is 0 Å². The van der Waals surface area contributed by atoms with Crippen LogP contribution in [0.25, 0.3) is 0 Å². The lowest BCUT2D eigenvalue weighted by Crippen LogP contribution is -2.03. The Morgan fingerprint density at radius 2 is 2.29 bits per heavy atom. The van der Waals surface area contributed by atoms with Crippen molar-refractivity contribution in [2.24, 2.45) is 0 Å². The molecule has 0 aliphatic rings. The van der Waals surface area contributed by atoms with E-state index in [0.717, 1.165) is 6.07 Å². The van der Waals surface area contributed by atoms with Gasteiger partial charge in [0.05, 0.1) is 12.7 Å². The highest BCUT2D eigenvalue weighted by Crippen LogP contribution is 2.11. The second-order valence-electron chi connectivity index (χ2n) is 2.67. The first-order valence-corrected chi connectivity index (χ1v) is 3.99. The van der Waals surface area contributed by atoms with Gasteiger partial charge in [-0.1, -0.05) is 0 Å². The average molecular weight is 196 g/mol. The Kier molecular flexibility index (Phi) is 3.34. The maximum atomic E-state index is 13.0. The Morgan fingerprint density at radius 3 is 2.86 bits per heavy atom. The van der Waals surface area contributed by atoms with Crippen molar-refractivity contribution in [3.05, 3.63) is 35.1 Å². The molecule has 0 aromatic heterocycles. The van der Waals surface area contributed by atoms with Crippen LogP contribution in [0.2, 0.25) is 0 Å². The Labute approximate surface area is 80.5 Å². The van der Waals surface area contributed by atoms with Crippen LogP contribution in [0, 0.1) is 5.82 Å². The summed E-state index contributed by atoms with van der Waals surface area (Å²) in [5.74, 6) is -1.04. The zero-order valence-electron chi connectivity index (χ0n) is 7.62. The summed E-state index contributed by atoms with van der Waals surface area (Å²) in [7, 11) is 1.24. The lowest BCUT2D eigenvalue weighted by atomic mass is 10.1. The van der Waals surface area contributed by atoms with E-state index < -0.39 is 11.8 Å². The van der Waals surface area contributed by atoms with Crippen LogP contribution >= 0.6 is 0 Å². The van der Waals surface area contributed by atoms with Crippen molar-refractivity contribution in [2.75, 3.05) is 7.11 Å². The van der Waals surface area contributed by atoms with Gasteiger partial charge < -0.3 is 9.53 Å². The second-order valence-corrected chi connectivity index (χ2v) is 2.67. The monoisotopic (exact) mass is 196 g/mol. The van der Waals surface area contributed by atoms with Gasteiger partial charge in [-0.05, 0) is 23.8 Å². The molecule has 74 valence electrons. The molecule has 1 aromatic rings. The molecule has 0 atom stereocenters. The van der Waals surface area contributed by atoms with Gasteiger partial charge in [-0.3, -0.25) is 0 Å². The molecular weight excluding hydrogens is 187 g/mol. The van der Waals surface area contributed by atoms with Crippen molar-refractivity contribution in [1.82, 2.24) is 0 Å². The van der Waals surface area contributed by atoms with Gasteiger partial charge in [0.25, 0.3) is 0 Å². The molecule has 0 aliphatic heterocycles. The second kappa shape index (κ2) is 4.50. The molecule has 0 saturated carbocycles. The summed E-state index contributed by atoms with van der Waals surface area (Å²) >= 11 is 0. The first-order chi connectivity index (χ1) is 6.69. The summed E-state index contributed by atoms with van der Waals surface area (Å²) in [5, 5.41) is 0. The molecule has 0 saturated heterocycles. The molecule has 0 N–H and O–H groups in total. The molecule has 0 unspecified atom stereocenters. The summed E-state index contributed by atoms with van der Waals surface area (Å²) < 4.78 is 17.5. The fraction of sp³-hybridized carbons (Fsp3) is 0.200. The maximum Gasteiger partial charge on any atom is 0.337 e. The summed E-state index contributed by atoms with van der Waals surface area (Å²) in [5.41, 5.74) is 0.439. The third-order valence-corrected chi connectivity index (χ3v) is 1.77. The van der Waals surface area contributed by atoms with Crippen molar-refractivity contribution in [1.29, 1.82) is 0 Å². The third kappa shape index (κ3) is 2.16. The van der Waals surface area contributed by atoms with Crippen molar-refractivity contribution in [3.8, 4) is 0 Å². The number of carbonyl (C=O) groups excluding carboxylic acids is 2. The molecule has 0 heterocycles. The number of hydrogen-bond donors (Lipinski definition) is 0. The van der Waals surface area contributed by atoms with E-state index in [9.17, 15) is 14.0 Å². The Morgan fingerprint density at radius 1 is 1.57 bits per heavy atom. The van der Waals surface area contributed by atoms with Crippen LogP contribution in [-0.4, -0.2) is 19.4 Å². The highest BCUT2D eigenvalue weighted by molar-refractivity contribution is 5.89. The van der Waals surface area contributed by atoms with Crippen molar-refractivity contribution in [3.63, 3.8) is 0 Å². The number of carbonyl (C=O) groups is 2. The van der Waals surface area contributed by atoms with Crippen LogP contribution in [0.1, 0.15) is 15.9 Å². The van der Waals surface area contributed by atoms with Crippen LogP contribution in [0.15, 0.2) is 18.2 Å². The fourth-order valence-corrected chi connectivity index (χ4v) is 1.07. The molecule has 0 radical (unpaired) electrons. The van der Waals surface area contributed by atoms with Gasteiger partial charge in [0.1, 0.15) is 12.1 Å². The van der Waals surface area contributed by atoms with E-state index in [2.05, 4.69) is 4.74 Å². The van der Waals surface area contributed by atoms with Crippen LogP contribution in [0.3, 0.4) is 0 Å². The van der Waals surface area contributed by atoms with Crippen molar-refractivity contribution in [2.45, 2.75) is 6.42 Å². The summed E-state index contributed by atoms with van der Waals surface area (Å²) in [4.78, 5) is 21.2. The van der Waals surface area contributed by atoms with Gasteiger partial charge in [-0.15, -0.1) is 0 Å². The van der Waals surface area contributed by atoms with Crippen LogP contribution in [-0.2, 0) is 16.0 Å². The number of aldehydes is 1. The quantitative estimate of drug-likeness (QED) is 0.541. The standard InChI is InChI=1S/C10H9FO3/c1-14-10(13)8-2-3-9(11)7(6-8)4-5-12/h2-3,5-6H,4H2,1H3. The first-order valence-electron chi connectivity index (χ1n) is 3.99. The predicted molar refractivity (Wildman–Crippen MR) is 47.5 cm³/mol. The lowest BCUT2D eigenvalue weighted by molar-refractivity contribution is -0.107. The number of benzene rings is 1.